The van der Waals surface area contributed by atoms with E-state index in [2.05, 4.69) is 5.32 Å². The molecule has 1 aliphatic heterocycles. The molecule has 1 heterocycles. The summed E-state index contributed by atoms with van der Waals surface area (Å²) in [5.74, 6) is 0.522. The molecule has 0 radical (unpaired) electrons. The molecule has 0 aromatic carbocycles. The predicted octanol–water partition coefficient (Wildman–Crippen LogP) is 1.30. The molecular weight excluding hydrogens is 268 g/mol. The van der Waals surface area contributed by atoms with E-state index in [0.29, 0.717) is 19.5 Å². The van der Waals surface area contributed by atoms with Crippen molar-refractivity contribution < 1.29 is 14.7 Å². The predicted molar refractivity (Wildman–Crippen MR) is 80.5 cm³/mol. The Morgan fingerprint density at radius 1 is 1.29 bits per heavy atom. The van der Waals surface area contributed by atoms with E-state index in [9.17, 15) is 14.7 Å². The van der Waals surface area contributed by atoms with Gasteiger partial charge < -0.3 is 15.3 Å². The van der Waals surface area contributed by atoms with Crippen molar-refractivity contribution in [1.82, 2.24) is 10.2 Å². The molecule has 0 aromatic heterocycles. The quantitative estimate of drug-likeness (QED) is 0.821. The molecule has 2 aliphatic rings. The van der Waals surface area contributed by atoms with Gasteiger partial charge in [-0.1, -0.05) is 19.8 Å². The minimum absolute atomic E-state index is 0.0279. The Balaban J connectivity index is 1.75. The second kappa shape index (κ2) is 7.25. The first-order chi connectivity index (χ1) is 9.97. The summed E-state index contributed by atoms with van der Waals surface area (Å²) in [6, 6.07) is -0.137. The summed E-state index contributed by atoms with van der Waals surface area (Å²) < 4.78 is 0. The van der Waals surface area contributed by atoms with Crippen LogP contribution in [0.5, 0.6) is 0 Å². The third-order valence-corrected chi connectivity index (χ3v) is 4.87. The molecule has 0 aromatic rings. The number of carbonyl (C=O) groups excluding carboxylic acids is 2. The number of nitrogens with one attached hydrogen (secondary N) is 1. The first kappa shape index (κ1) is 16.3. The number of piperidine rings is 1. The highest BCUT2D eigenvalue weighted by molar-refractivity contribution is 5.81. The van der Waals surface area contributed by atoms with Crippen LogP contribution in [-0.2, 0) is 9.59 Å². The van der Waals surface area contributed by atoms with Gasteiger partial charge in [0.05, 0.1) is 6.10 Å². The Bertz CT molecular complexity index is 380. The second-order valence-electron chi connectivity index (χ2n) is 6.77. The fraction of sp³-hybridized carbons (Fsp3) is 0.875. The number of amides is 2. The van der Waals surface area contributed by atoms with Crippen molar-refractivity contribution in [2.75, 3.05) is 13.1 Å². The minimum atomic E-state index is -0.425. The molecule has 3 atom stereocenters. The van der Waals surface area contributed by atoms with Crippen LogP contribution in [0.3, 0.4) is 0 Å². The van der Waals surface area contributed by atoms with E-state index >= 15 is 0 Å². The van der Waals surface area contributed by atoms with Gasteiger partial charge >= 0.3 is 0 Å². The number of hydrogen-bond acceptors (Lipinski definition) is 3. The normalized spacial score (nSPS) is 28.4. The van der Waals surface area contributed by atoms with Gasteiger partial charge in [-0.2, -0.15) is 0 Å². The fourth-order valence-electron chi connectivity index (χ4n) is 3.27. The van der Waals surface area contributed by atoms with Gasteiger partial charge in [-0.05, 0) is 32.1 Å². The van der Waals surface area contributed by atoms with Crippen LogP contribution in [0.25, 0.3) is 0 Å². The van der Waals surface area contributed by atoms with Crippen molar-refractivity contribution in [2.24, 2.45) is 11.8 Å². The summed E-state index contributed by atoms with van der Waals surface area (Å²) in [7, 11) is 0. The monoisotopic (exact) mass is 296 g/mol. The molecule has 1 saturated carbocycles. The maximum absolute atomic E-state index is 12.2. The van der Waals surface area contributed by atoms with Crippen molar-refractivity contribution in [3.05, 3.63) is 0 Å². The maximum Gasteiger partial charge on any atom is 0.224 e. The molecule has 0 bridgehead atoms. The first-order valence-corrected chi connectivity index (χ1v) is 8.23. The molecule has 3 unspecified atom stereocenters. The van der Waals surface area contributed by atoms with Gasteiger partial charge in [-0.3, -0.25) is 9.59 Å². The maximum atomic E-state index is 12.2. The zero-order valence-corrected chi connectivity index (χ0v) is 13.2. The number of likely N-dealkylation sites (tertiary alicyclic amines) is 1. The van der Waals surface area contributed by atoms with Crippen molar-refractivity contribution in [3.8, 4) is 0 Å². The molecule has 1 aliphatic carbocycles. The number of hydrogen-bond donors (Lipinski definition) is 2. The molecule has 2 amide bonds. The average molecular weight is 296 g/mol. The third-order valence-electron chi connectivity index (χ3n) is 4.87. The molecule has 2 N–H and O–H groups in total. The Morgan fingerprint density at radius 2 is 1.95 bits per heavy atom. The minimum Gasteiger partial charge on any atom is -0.391 e. The molecule has 120 valence electrons. The Kier molecular flexibility index (Phi) is 5.62. The number of carbonyl (C=O) groups is 2. The van der Waals surface area contributed by atoms with E-state index in [4.69, 9.17) is 0 Å². The van der Waals surface area contributed by atoms with Gasteiger partial charge in [0.15, 0.2) is 0 Å². The van der Waals surface area contributed by atoms with Crippen LogP contribution in [0.2, 0.25) is 0 Å². The lowest BCUT2D eigenvalue weighted by Gasteiger charge is -2.35. The van der Waals surface area contributed by atoms with Crippen LogP contribution >= 0.6 is 0 Å². The Morgan fingerprint density at radius 3 is 2.57 bits per heavy atom. The number of aliphatic hydroxyl groups is 1. The lowest BCUT2D eigenvalue weighted by atomic mass is 9.95. The van der Waals surface area contributed by atoms with Crippen molar-refractivity contribution in [3.63, 3.8) is 0 Å². The zero-order chi connectivity index (χ0) is 15.4. The van der Waals surface area contributed by atoms with Gasteiger partial charge in [0.1, 0.15) is 0 Å². The average Bonchev–Trinajstić information content (AvgIpc) is 2.95. The van der Waals surface area contributed by atoms with E-state index in [0.717, 1.165) is 32.1 Å². The number of β-amino-alcohol motifs (C(OH)–C–C–N with tert-alkyl or cyclic N) is 1. The first-order valence-electron chi connectivity index (χ1n) is 8.23. The zero-order valence-electron chi connectivity index (χ0n) is 13.2. The highest BCUT2D eigenvalue weighted by Gasteiger charge is 2.29. The summed E-state index contributed by atoms with van der Waals surface area (Å²) in [5.41, 5.74) is 0. The summed E-state index contributed by atoms with van der Waals surface area (Å²) in [6.07, 6.45) is 4.96. The lowest BCUT2D eigenvalue weighted by Crippen LogP contribution is -2.48. The van der Waals surface area contributed by atoms with Gasteiger partial charge in [0.2, 0.25) is 11.8 Å². The summed E-state index contributed by atoms with van der Waals surface area (Å²) in [6.45, 7) is 5.02. The van der Waals surface area contributed by atoms with E-state index in [1.807, 2.05) is 13.8 Å². The topological polar surface area (TPSA) is 69.6 Å². The van der Waals surface area contributed by atoms with E-state index < -0.39 is 6.10 Å². The second-order valence-corrected chi connectivity index (χ2v) is 6.77. The summed E-state index contributed by atoms with van der Waals surface area (Å²) in [5, 5.41) is 12.8. The van der Waals surface area contributed by atoms with Crippen LogP contribution in [0.15, 0.2) is 0 Å². The molecular formula is C16H28N2O3. The van der Waals surface area contributed by atoms with E-state index in [1.165, 1.54) is 0 Å². The molecule has 21 heavy (non-hydrogen) atoms. The van der Waals surface area contributed by atoms with Crippen molar-refractivity contribution in [2.45, 2.75) is 64.5 Å². The molecule has 5 heteroatoms. The standard InChI is InChI=1S/C16H28N2O3/c1-11-7-8-18(10-14(11)19)15(20)9-12(2)17-16(21)13-5-3-4-6-13/h11-14,19H,3-10H2,1-2H3,(H,17,21). The summed E-state index contributed by atoms with van der Waals surface area (Å²) in [4.78, 5) is 26.0. The Hall–Kier alpha value is -1.10. The number of rotatable bonds is 4. The van der Waals surface area contributed by atoms with Crippen LogP contribution < -0.4 is 5.32 Å². The largest absolute Gasteiger partial charge is 0.391 e. The SMILES string of the molecule is CC(CC(=O)N1CCC(C)C(O)C1)NC(=O)C1CCCC1. The molecule has 0 spiro atoms. The van der Waals surface area contributed by atoms with E-state index in [1.54, 1.807) is 4.90 Å². The van der Waals surface area contributed by atoms with Gasteiger partial charge in [0.25, 0.3) is 0 Å². The molecule has 5 nitrogen and oxygen atoms in total. The molecule has 2 fully saturated rings. The fourth-order valence-corrected chi connectivity index (χ4v) is 3.27. The van der Waals surface area contributed by atoms with Gasteiger partial charge in [-0.15, -0.1) is 0 Å². The van der Waals surface area contributed by atoms with Gasteiger partial charge in [-0.25, -0.2) is 0 Å². The molecule has 2 rings (SSSR count). The number of aliphatic hydroxyl groups excluding tert-OH is 1. The van der Waals surface area contributed by atoms with Crippen LogP contribution in [0.1, 0.15) is 52.4 Å². The molecule has 1 saturated heterocycles. The Labute approximate surface area is 127 Å². The van der Waals surface area contributed by atoms with Crippen LogP contribution in [0, 0.1) is 11.8 Å². The van der Waals surface area contributed by atoms with E-state index in [-0.39, 0.29) is 29.7 Å². The smallest absolute Gasteiger partial charge is 0.224 e. The number of nitrogens with zero attached hydrogens (tertiary/aromatic N) is 1. The summed E-state index contributed by atoms with van der Waals surface area (Å²) >= 11 is 0. The lowest BCUT2D eigenvalue weighted by molar-refractivity contribution is -0.136. The van der Waals surface area contributed by atoms with Crippen LogP contribution in [0.4, 0.5) is 0 Å². The highest BCUT2D eigenvalue weighted by atomic mass is 16.3. The van der Waals surface area contributed by atoms with Crippen molar-refractivity contribution in [1.29, 1.82) is 0 Å². The third kappa shape index (κ3) is 4.43. The van der Waals surface area contributed by atoms with Crippen molar-refractivity contribution >= 4 is 11.8 Å². The highest BCUT2D eigenvalue weighted by Crippen LogP contribution is 2.25. The van der Waals surface area contributed by atoms with Crippen LogP contribution in [-0.4, -0.2) is 47.1 Å². The van der Waals surface area contributed by atoms with Gasteiger partial charge in [0, 0.05) is 31.5 Å².